The predicted octanol–water partition coefficient (Wildman–Crippen LogP) is 4.16. The minimum atomic E-state index is -0.216. The molecule has 3 rings (SSSR count). The van der Waals surface area contributed by atoms with Crippen molar-refractivity contribution in [1.82, 2.24) is 0 Å². The molecule has 0 saturated carbocycles. The van der Waals surface area contributed by atoms with Crippen LogP contribution < -0.4 is 14.8 Å². The first kappa shape index (κ1) is 17.6. The number of hydrogen-bond acceptors (Lipinski definition) is 4. The molecule has 25 heavy (non-hydrogen) atoms. The largest absolute Gasteiger partial charge is 0.495 e. The molecule has 2 aromatic carbocycles. The van der Waals surface area contributed by atoms with Crippen molar-refractivity contribution >= 4 is 23.2 Å². The number of rotatable bonds is 6. The number of hydrogen-bond donors (Lipinski definition) is 1. The molecular formula is C19H20ClNO4. The lowest BCUT2D eigenvalue weighted by molar-refractivity contribution is 0.0679. The van der Waals surface area contributed by atoms with E-state index in [4.69, 9.17) is 25.8 Å². The maximum atomic E-state index is 12.3. The highest BCUT2D eigenvalue weighted by Crippen LogP contribution is 2.27. The molecule has 1 saturated heterocycles. The molecule has 1 aliphatic rings. The van der Waals surface area contributed by atoms with Crippen molar-refractivity contribution in [2.75, 3.05) is 25.6 Å². The van der Waals surface area contributed by atoms with Crippen LogP contribution in [0.2, 0.25) is 5.02 Å². The highest BCUT2D eigenvalue weighted by atomic mass is 35.5. The summed E-state index contributed by atoms with van der Waals surface area (Å²) in [7, 11) is 1.54. The van der Waals surface area contributed by atoms with Crippen molar-refractivity contribution in [1.29, 1.82) is 0 Å². The van der Waals surface area contributed by atoms with E-state index in [0.29, 0.717) is 28.6 Å². The van der Waals surface area contributed by atoms with Gasteiger partial charge in [0.05, 0.1) is 18.2 Å². The maximum absolute atomic E-state index is 12.3. The smallest absolute Gasteiger partial charge is 0.255 e. The average molecular weight is 362 g/mol. The third-order valence-electron chi connectivity index (χ3n) is 3.99. The number of carbonyl (C=O) groups is 1. The molecule has 5 nitrogen and oxygen atoms in total. The Morgan fingerprint density at radius 3 is 2.72 bits per heavy atom. The Kier molecular flexibility index (Phi) is 5.79. The van der Waals surface area contributed by atoms with Crippen molar-refractivity contribution in [3.63, 3.8) is 0 Å². The van der Waals surface area contributed by atoms with E-state index in [1.807, 2.05) is 0 Å². The number of halogens is 1. The van der Waals surface area contributed by atoms with Crippen molar-refractivity contribution in [2.24, 2.45) is 0 Å². The quantitative estimate of drug-likeness (QED) is 0.839. The number of ether oxygens (including phenoxy) is 3. The van der Waals surface area contributed by atoms with Crippen molar-refractivity contribution in [2.45, 2.75) is 18.9 Å². The molecule has 1 amide bonds. The summed E-state index contributed by atoms with van der Waals surface area (Å²) in [6.45, 7) is 1.35. The van der Waals surface area contributed by atoms with Gasteiger partial charge in [-0.15, -0.1) is 0 Å². The van der Waals surface area contributed by atoms with Gasteiger partial charge in [-0.3, -0.25) is 4.79 Å². The van der Waals surface area contributed by atoms with Gasteiger partial charge in [0.1, 0.15) is 18.1 Å². The molecule has 132 valence electrons. The molecule has 0 unspecified atom stereocenters. The molecule has 1 atom stereocenters. The van der Waals surface area contributed by atoms with E-state index in [1.165, 1.54) is 0 Å². The maximum Gasteiger partial charge on any atom is 0.255 e. The van der Waals surface area contributed by atoms with Gasteiger partial charge >= 0.3 is 0 Å². The third-order valence-corrected chi connectivity index (χ3v) is 4.28. The van der Waals surface area contributed by atoms with E-state index in [1.54, 1.807) is 49.6 Å². The summed E-state index contributed by atoms with van der Waals surface area (Å²) in [5.74, 6) is 1.07. The van der Waals surface area contributed by atoms with Crippen LogP contribution in [0.15, 0.2) is 42.5 Å². The Labute approximate surface area is 151 Å². The van der Waals surface area contributed by atoms with Gasteiger partial charge < -0.3 is 19.5 Å². The first-order chi connectivity index (χ1) is 12.2. The third kappa shape index (κ3) is 4.65. The number of nitrogens with one attached hydrogen (secondary N) is 1. The first-order valence-corrected chi connectivity index (χ1v) is 8.53. The van der Waals surface area contributed by atoms with Gasteiger partial charge in [-0.2, -0.15) is 0 Å². The number of amides is 1. The fourth-order valence-electron chi connectivity index (χ4n) is 2.61. The van der Waals surface area contributed by atoms with Gasteiger partial charge in [-0.1, -0.05) is 11.6 Å². The zero-order valence-corrected chi connectivity index (χ0v) is 14.7. The standard InChI is InChI=1S/C19H20ClNO4/c1-23-18-9-6-14(11-17(18)20)21-19(22)13-4-7-15(8-5-13)25-12-16-3-2-10-24-16/h4-9,11,16H,2-3,10,12H2,1H3,(H,21,22)/t16-/m0/s1. The van der Waals surface area contributed by atoms with Crippen LogP contribution >= 0.6 is 11.6 Å². The van der Waals surface area contributed by atoms with Crippen LogP contribution in [0.1, 0.15) is 23.2 Å². The van der Waals surface area contributed by atoms with Gasteiger partial charge in [-0.05, 0) is 55.3 Å². The van der Waals surface area contributed by atoms with E-state index in [-0.39, 0.29) is 12.0 Å². The molecular weight excluding hydrogens is 342 g/mol. The van der Waals surface area contributed by atoms with Crippen molar-refractivity contribution in [3.8, 4) is 11.5 Å². The molecule has 0 aliphatic carbocycles. The Morgan fingerprint density at radius 2 is 2.08 bits per heavy atom. The molecule has 0 spiro atoms. The second kappa shape index (κ2) is 8.23. The van der Waals surface area contributed by atoms with Crippen LogP contribution in [0.3, 0.4) is 0 Å². The summed E-state index contributed by atoms with van der Waals surface area (Å²) in [6.07, 6.45) is 2.29. The zero-order chi connectivity index (χ0) is 17.6. The summed E-state index contributed by atoms with van der Waals surface area (Å²) in [5.41, 5.74) is 1.14. The fraction of sp³-hybridized carbons (Fsp3) is 0.316. The normalized spacial score (nSPS) is 16.5. The Bertz CT molecular complexity index is 727. The molecule has 1 aliphatic heterocycles. The molecule has 1 N–H and O–H groups in total. The molecule has 0 radical (unpaired) electrons. The van der Waals surface area contributed by atoms with Crippen molar-refractivity contribution < 1.29 is 19.0 Å². The summed E-state index contributed by atoms with van der Waals surface area (Å²) < 4.78 is 16.3. The monoisotopic (exact) mass is 361 g/mol. The number of anilines is 1. The van der Waals surface area contributed by atoms with Crippen LogP contribution in [-0.2, 0) is 4.74 Å². The van der Waals surface area contributed by atoms with Crippen LogP contribution in [0.5, 0.6) is 11.5 Å². The molecule has 1 fully saturated rings. The second-order valence-electron chi connectivity index (χ2n) is 5.77. The molecule has 1 heterocycles. The molecule has 2 aromatic rings. The zero-order valence-electron chi connectivity index (χ0n) is 14.0. The van der Waals surface area contributed by atoms with Gasteiger partial charge in [0.2, 0.25) is 0 Å². The lowest BCUT2D eigenvalue weighted by atomic mass is 10.2. The minimum Gasteiger partial charge on any atom is -0.495 e. The lowest BCUT2D eigenvalue weighted by Crippen LogP contribution is -2.16. The Hall–Kier alpha value is -2.24. The predicted molar refractivity (Wildman–Crippen MR) is 96.9 cm³/mol. The molecule has 0 aromatic heterocycles. The van der Waals surface area contributed by atoms with E-state index in [0.717, 1.165) is 25.2 Å². The summed E-state index contributed by atoms with van der Waals surface area (Å²) in [4.78, 5) is 12.3. The van der Waals surface area contributed by atoms with Gasteiger partial charge in [0.15, 0.2) is 0 Å². The summed E-state index contributed by atoms with van der Waals surface area (Å²) in [6, 6.07) is 12.1. The topological polar surface area (TPSA) is 56.8 Å². The van der Waals surface area contributed by atoms with E-state index < -0.39 is 0 Å². The van der Waals surface area contributed by atoms with Gasteiger partial charge in [0, 0.05) is 17.9 Å². The van der Waals surface area contributed by atoms with Crippen molar-refractivity contribution in [3.05, 3.63) is 53.1 Å². The van der Waals surface area contributed by atoms with Crippen LogP contribution in [0, 0.1) is 0 Å². The fourth-order valence-corrected chi connectivity index (χ4v) is 2.87. The second-order valence-corrected chi connectivity index (χ2v) is 6.18. The van der Waals surface area contributed by atoms with Gasteiger partial charge in [-0.25, -0.2) is 0 Å². The summed E-state index contributed by atoms with van der Waals surface area (Å²) >= 11 is 6.07. The van der Waals surface area contributed by atoms with Gasteiger partial charge in [0.25, 0.3) is 5.91 Å². The highest BCUT2D eigenvalue weighted by molar-refractivity contribution is 6.32. The minimum absolute atomic E-state index is 0.169. The van der Waals surface area contributed by atoms with Crippen LogP contribution in [0.25, 0.3) is 0 Å². The number of carbonyl (C=O) groups excluding carboxylic acids is 1. The van der Waals surface area contributed by atoms with E-state index in [2.05, 4.69) is 5.32 Å². The highest BCUT2D eigenvalue weighted by Gasteiger charge is 2.16. The van der Waals surface area contributed by atoms with E-state index >= 15 is 0 Å². The lowest BCUT2D eigenvalue weighted by Gasteiger charge is -2.12. The Morgan fingerprint density at radius 1 is 1.28 bits per heavy atom. The van der Waals surface area contributed by atoms with Crippen LogP contribution in [0.4, 0.5) is 5.69 Å². The molecule has 0 bridgehead atoms. The number of methoxy groups -OCH3 is 1. The molecule has 6 heteroatoms. The first-order valence-electron chi connectivity index (χ1n) is 8.15. The average Bonchev–Trinajstić information content (AvgIpc) is 3.14. The summed E-state index contributed by atoms with van der Waals surface area (Å²) in [5, 5.41) is 3.25. The number of benzene rings is 2. The Balaban J connectivity index is 1.57. The SMILES string of the molecule is COc1ccc(NC(=O)c2ccc(OC[C@@H]3CCCO3)cc2)cc1Cl. The van der Waals surface area contributed by atoms with E-state index in [9.17, 15) is 4.79 Å². The van der Waals surface area contributed by atoms with Crippen LogP contribution in [-0.4, -0.2) is 32.3 Å².